The van der Waals surface area contributed by atoms with E-state index in [0.717, 1.165) is 11.8 Å². The third-order valence-electron chi connectivity index (χ3n) is 5.95. The van der Waals surface area contributed by atoms with E-state index in [4.69, 9.17) is 9.31 Å². The lowest BCUT2D eigenvalue weighted by Gasteiger charge is -2.32. The third-order valence-corrected chi connectivity index (χ3v) is 5.95. The summed E-state index contributed by atoms with van der Waals surface area (Å²) in [6.45, 7) is 8.45. The maximum atomic E-state index is 6.17. The van der Waals surface area contributed by atoms with Gasteiger partial charge < -0.3 is 9.31 Å². The second kappa shape index (κ2) is 3.89. The first kappa shape index (κ1) is 12.9. The second-order valence-corrected chi connectivity index (χ2v) is 7.68. The summed E-state index contributed by atoms with van der Waals surface area (Å²) in [5.74, 6) is 1.61. The van der Waals surface area contributed by atoms with Crippen molar-refractivity contribution in [1.82, 2.24) is 0 Å². The average Bonchev–Trinajstić information content (AvgIpc) is 3.02. The van der Waals surface area contributed by atoms with Gasteiger partial charge in [0.25, 0.3) is 0 Å². The smallest absolute Gasteiger partial charge is 0.399 e. The minimum Gasteiger partial charge on any atom is -0.399 e. The van der Waals surface area contributed by atoms with Crippen molar-refractivity contribution >= 4 is 12.6 Å². The summed E-state index contributed by atoms with van der Waals surface area (Å²) in [6.07, 6.45) is 4.11. The molecule has 1 saturated heterocycles. The van der Waals surface area contributed by atoms with Crippen LogP contribution in [0.2, 0.25) is 0 Å². The van der Waals surface area contributed by atoms with Crippen LogP contribution in [-0.2, 0) is 9.31 Å². The molecule has 3 heteroatoms. The summed E-state index contributed by atoms with van der Waals surface area (Å²) in [7, 11) is -0.218. The van der Waals surface area contributed by atoms with Crippen molar-refractivity contribution < 1.29 is 9.31 Å². The normalized spacial score (nSPS) is 32.7. The van der Waals surface area contributed by atoms with Gasteiger partial charge in [0.1, 0.15) is 0 Å². The third kappa shape index (κ3) is 1.66. The highest BCUT2D eigenvalue weighted by molar-refractivity contribution is 6.62. The molecule has 4 rings (SSSR count). The van der Waals surface area contributed by atoms with Crippen LogP contribution < -0.4 is 5.46 Å². The molecule has 3 aliphatic rings. The number of hydrogen-bond donors (Lipinski definition) is 0. The molecule has 1 aliphatic heterocycles. The number of fused-ring (bicyclic) bond motifs is 5. The molecule has 1 saturated carbocycles. The highest BCUT2D eigenvalue weighted by Crippen LogP contribution is 2.52. The van der Waals surface area contributed by atoms with Gasteiger partial charge in [-0.25, -0.2) is 0 Å². The molecule has 0 spiro atoms. The Balaban J connectivity index is 1.67. The molecular formula is C17H23BO2. The van der Waals surface area contributed by atoms with Gasteiger partial charge in [0.15, 0.2) is 0 Å². The molecule has 1 aromatic rings. The lowest BCUT2D eigenvalue weighted by molar-refractivity contribution is 0.00578. The Bertz CT molecular complexity index is 548. The monoisotopic (exact) mass is 270 g/mol. The first-order valence-corrected chi connectivity index (χ1v) is 7.87. The van der Waals surface area contributed by atoms with Gasteiger partial charge in [0.2, 0.25) is 0 Å². The van der Waals surface area contributed by atoms with E-state index in [-0.39, 0.29) is 18.3 Å². The van der Waals surface area contributed by atoms with E-state index >= 15 is 0 Å². The molecule has 2 atom stereocenters. The molecule has 2 aliphatic carbocycles. The van der Waals surface area contributed by atoms with Crippen LogP contribution in [0.3, 0.4) is 0 Å². The molecule has 1 unspecified atom stereocenters. The summed E-state index contributed by atoms with van der Waals surface area (Å²) in [4.78, 5) is 0. The van der Waals surface area contributed by atoms with Gasteiger partial charge in [-0.2, -0.15) is 0 Å². The molecule has 20 heavy (non-hydrogen) atoms. The van der Waals surface area contributed by atoms with Gasteiger partial charge in [0.05, 0.1) is 11.2 Å². The zero-order valence-corrected chi connectivity index (χ0v) is 12.9. The maximum absolute atomic E-state index is 6.17. The van der Waals surface area contributed by atoms with E-state index in [9.17, 15) is 0 Å². The van der Waals surface area contributed by atoms with Crippen LogP contribution in [0.4, 0.5) is 0 Å². The maximum Gasteiger partial charge on any atom is 0.494 e. The zero-order valence-electron chi connectivity index (χ0n) is 12.9. The van der Waals surface area contributed by atoms with Crippen molar-refractivity contribution in [3.05, 3.63) is 29.3 Å². The molecule has 2 nitrogen and oxygen atoms in total. The molecule has 0 amide bonds. The molecule has 1 heterocycles. The summed E-state index contributed by atoms with van der Waals surface area (Å²) in [5.41, 5.74) is 3.83. The van der Waals surface area contributed by atoms with Crippen LogP contribution in [-0.4, -0.2) is 18.3 Å². The molecule has 0 radical (unpaired) electrons. The average molecular weight is 270 g/mol. The van der Waals surface area contributed by atoms with Crippen molar-refractivity contribution in [1.29, 1.82) is 0 Å². The predicted octanol–water partition coefficient (Wildman–Crippen LogP) is 3.35. The van der Waals surface area contributed by atoms with Gasteiger partial charge in [-0.3, -0.25) is 0 Å². The lowest BCUT2D eigenvalue weighted by Crippen LogP contribution is -2.41. The largest absolute Gasteiger partial charge is 0.494 e. The standard InChI is InChI=1S/C17H23BO2/c1-16(2)17(3,4)20-18(19-16)13-7-8-14-11-5-6-12(9-11)15(14)10-13/h7-8,10-12H,5-6,9H2,1-4H3/t11-,12?/m0/s1. The Hall–Kier alpha value is -0.795. The fraction of sp³-hybridized carbons (Fsp3) is 0.647. The highest BCUT2D eigenvalue weighted by atomic mass is 16.7. The van der Waals surface area contributed by atoms with E-state index in [0.29, 0.717) is 0 Å². The molecule has 106 valence electrons. The molecule has 0 aromatic heterocycles. The highest BCUT2D eigenvalue weighted by Gasteiger charge is 2.52. The summed E-state index contributed by atoms with van der Waals surface area (Å²) < 4.78 is 12.3. The van der Waals surface area contributed by atoms with Crippen LogP contribution in [0, 0.1) is 0 Å². The molecule has 1 aromatic carbocycles. The zero-order chi connectivity index (χ0) is 14.1. The van der Waals surface area contributed by atoms with Gasteiger partial charge in [0, 0.05) is 0 Å². The number of rotatable bonds is 1. The predicted molar refractivity (Wildman–Crippen MR) is 81.5 cm³/mol. The Morgan fingerprint density at radius 3 is 2.20 bits per heavy atom. The number of benzene rings is 1. The van der Waals surface area contributed by atoms with Crippen molar-refractivity contribution in [2.24, 2.45) is 0 Å². The SMILES string of the molecule is CC1(C)OB(c2ccc3c(c2)C2CC[C@H]3C2)OC1(C)C. The first-order chi connectivity index (χ1) is 9.37. The Morgan fingerprint density at radius 1 is 0.950 bits per heavy atom. The quantitative estimate of drug-likeness (QED) is 0.728. The van der Waals surface area contributed by atoms with Crippen molar-refractivity contribution in [2.75, 3.05) is 0 Å². The van der Waals surface area contributed by atoms with Gasteiger partial charge in [-0.1, -0.05) is 18.2 Å². The van der Waals surface area contributed by atoms with Crippen LogP contribution in [0.1, 0.15) is 69.9 Å². The van der Waals surface area contributed by atoms with E-state index in [1.165, 1.54) is 24.7 Å². The van der Waals surface area contributed by atoms with Crippen LogP contribution in [0.15, 0.2) is 18.2 Å². The molecule has 2 fully saturated rings. The van der Waals surface area contributed by atoms with Crippen molar-refractivity contribution in [3.63, 3.8) is 0 Å². The van der Waals surface area contributed by atoms with Gasteiger partial charge in [-0.05, 0) is 75.4 Å². The van der Waals surface area contributed by atoms with Gasteiger partial charge in [-0.15, -0.1) is 0 Å². The van der Waals surface area contributed by atoms with Crippen molar-refractivity contribution in [2.45, 2.75) is 70.0 Å². The minimum atomic E-state index is -0.254. The summed E-state index contributed by atoms with van der Waals surface area (Å²) in [5, 5.41) is 0. The summed E-state index contributed by atoms with van der Waals surface area (Å²) >= 11 is 0. The van der Waals surface area contributed by atoms with E-state index in [1.54, 1.807) is 11.1 Å². The fourth-order valence-electron chi connectivity index (χ4n) is 3.99. The van der Waals surface area contributed by atoms with Crippen molar-refractivity contribution in [3.8, 4) is 0 Å². The first-order valence-electron chi connectivity index (χ1n) is 7.87. The van der Waals surface area contributed by atoms with Gasteiger partial charge >= 0.3 is 7.12 Å². The van der Waals surface area contributed by atoms with E-state index in [2.05, 4.69) is 45.9 Å². The molecule has 0 N–H and O–H groups in total. The molecular weight excluding hydrogens is 247 g/mol. The van der Waals surface area contributed by atoms with Crippen LogP contribution in [0.25, 0.3) is 0 Å². The van der Waals surface area contributed by atoms with E-state index in [1.807, 2.05) is 0 Å². The Morgan fingerprint density at radius 2 is 1.55 bits per heavy atom. The van der Waals surface area contributed by atoms with E-state index < -0.39 is 0 Å². The second-order valence-electron chi connectivity index (χ2n) is 7.68. The Labute approximate surface area is 122 Å². The minimum absolute atomic E-state index is 0.218. The number of hydrogen-bond acceptors (Lipinski definition) is 2. The van der Waals surface area contributed by atoms with Crippen LogP contribution in [0.5, 0.6) is 0 Å². The molecule has 2 bridgehead atoms. The van der Waals surface area contributed by atoms with Crippen LogP contribution >= 0.6 is 0 Å². The Kier molecular flexibility index (Phi) is 2.51. The fourth-order valence-corrected chi connectivity index (χ4v) is 3.99. The lowest BCUT2D eigenvalue weighted by atomic mass is 9.76. The topological polar surface area (TPSA) is 18.5 Å². The summed E-state index contributed by atoms with van der Waals surface area (Å²) in [6, 6.07) is 6.88.